The number of anilines is 1. The van der Waals surface area contributed by atoms with Gasteiger partial charge in [-0.2, -0.15) is 0 Å². The number of amides is 1. The molecular formula is C17H22N2O4S. The van der Waals surface area contributed by atoms with E-state index in [-0.39, 0.29) is 22.8 Å². The number of hydrogen-bond donors (Lipinski definition) is 1. The van der Waals surface area contributed by atoms with Crippen molar-refractivity contribution in [1.29, 1.82) is 0 Å². The van der Waals surface area contributed by atoms with E-state index >= 15 is 0 Å². The zero-order valence-corrected chi connectivity index (χ0v) is 14.6. The van der Waals surface area contributed by atoms with Gasteiger partial charge in [-0.3, -0.25) is 4.79 Å². The first-order valence-electron chi connectivity index (χ1n) is 8.57. The molecule has 0 saturated carbocycles. The minimum atomic E-state index is -3.60. The summed E-state index contributed by atoms with van der Waals surface area (Å²) in [7, 11) is -3.60. The summed E-state index contributed by atoms with van der Waals surface area (Å²) in [5, 5.41) is 0. The lowest BCUT2D eigenvalue weighted by Crippen LogP contribution is -2.33. The van der Waals surface area contributed by atoms with Crippen LogP contribution in [0.4, 0.5) is 5.69 Å². The molecule has 0 radical (unpaired) electrons. The third kappa shape index (κ3) is 2.55. The molecule has 3 heterocycles. The van der Waals surface area contributed by atoms with Gasteiger partial charge in [0.2, 0.25) is 15.9 Å². The minimum Gasteiger partial charge on any atom is -0.377 e. The van der Waals surface area contributed by atoms with Gasteiger partial charge in [0, 0.05) is 19.7 Å². The zero-order valence-electron chi connectivity index (χ0n) is 13.7. The van der Waals surface area contributed by atoms with Crippen LogP contribution in [0.2, 0.25) is 0 Å². The second-order valence-corrected chi connectivity index (χ2v) is 8.59. The Morgan fingerprint density at radius 3 is 2.92 bits per heavy atom. The molecule has 0 spiro atoms. The highest BCUT2D eigenvalue weighted by molar-refractivity contribution is 7.89. The molecule has 0 unspecified atom stereocenters. The van der Waals surface area contributed by atoms with E-state index in [0.29, 0.717) is 13.2 Å². The molecule has 3 aliphatic rings. The Balaban J connectivity index is 1.66. The fourth-order valence-corrected chi connectivity index (χ4v) is 5.06. The number of sulfonamides is 1. The molecule has 24 heavy (non-hydrogen) atoms. The van der Waals surface area contributed by atoms with Crippen molar-refractivity contribution in [3.05, 3.63) is 23.3 Å². The summed E-state index contributed by atoms with van der Waals surface area (Å²) in [6.45, 7) is 3.58. The average molecular weight is 350 g/mol. The molecule has 7 heteroatoms. The number of nitrogens with one attached hydrogen (secondary N) is 1. The first-order valence-corrected chi connectivity index (χ1v) is 10.0. The third-order valence-electron chi connectivity index (χ3n) is 5.23. The maximum atomic E-state index is 12.7. The van der Waals surface area contributed by atoms with Crippen molar-refractivity contribution in [3.8, 4) is 0 Å². The van der Waals surface area contributed by atoms with E-state index in [0.717, 1.165) is 49.0 Å². The molecular weight excluding hydrogens is 328 g/mol. The van der Waals surface area contributed by atoms with Gasteiger partial charge in [0.25, 0.3) is 0 Å². The smallest absolute Gasteiger partial charge is 0.240 e. The summed E-state index contributed by atoms with van der Waals surface area (Å²) in [5.74, 6) is -0.196. The Kier molecular flexibility index (Phi) is 3.89. The second-order valence-electron chi connectivity index (χ2n) is 6.82. The van der Waals surface area contributed by atoms with E-state index in [1.165, 1.54) is 0 Å². The van der Waals surface area contributed by atoms with E-state index in [9.17, 15) is 13.2 Å². The van der Waals surface area contributed by atoms with Crippen LogP contribution in [0.1, 0.15) is 43.2 Å². The number of nitrogens with zero attached hydrogens (tertiary/aromatic N) is 1. The standard InChI is InChI=1S/C17H22N2O4S/c1-11-15-9-14(24(21,22)18-10-13-5-3-7-23-13)8-12-4-2-6-19(16(12)15)17(11)20/h8-9,11,13,18H,2-7,10H2,1H3/t11-,13-/m1/s1. The number of ether oxygens (including phenoxy) is 1. The molecule has 130 valence electrons. The highest BCUT2D eigenvalue weighted by atomic mass is 32.2. The second kappa shape index (κ2) is 5.82. The fourth-order valence-electron chi connectivity index (χ4n) is 3.91. The highest BCUT2D eigenvalue weighted by Crippen LogP contribution is 2.43. The Morgan fingerprint density at radius 1 is 1.33 bits per heavy atom. The van der Waals surface area contributed by atoms with E-state index in [1.54, 1.807) is 12.1 Å². The Labute approximate surface area is 142 Å². The largest absolute Gasteiger partial charge is 0.377 e. The molecule has 1 fully saturated rings. The van der Waals surface area contributed by atoms with Crippen molar-refractivity contribution in [1.82, 2.24) is 4.72 Å². The van der Waals surface area contributed by atoms with Gasteiger partial charge in [0.1, 0.15) is 0 Å². The molecule has 3 aliphatic heterocycles. The van der Waals surface area contributed by atoms with Crippen LogP contribution in [0.3, 0.4) is 0 Å². The van der Waals surface area contributed by atoms with Crippen LogP contribution >= 0.6 is 0 Å². The van der Waals surface area contributed by atoms with Gasteiger partial charge in [-0.15, -0.1) is 0 Å². The lowest BCUT2D eigenvalue weighted by Gasteiger charge is -2.26. The van der Waals surface area contributed by atoms with Crippen molar-refractivity contribution in [2.45, 2.75) is 49.5 Å². The van der Waals surface area contributed by atoms with Crippen LogP contribution in [-0.4, -0.2) is 40.1 Å². The first kappa shape index (κ1) is 16.1. The van der Waals surface area contributed by atoms with Crippen molar-refractivity contribution in [2.24, 2.45) is 0 Å². The van der Waals surface area contributed by atoms with Gasteiger partial charge in [-0.25, -0.2) is 13.1 Å². The van der Waals surface area contributed by atoms with Crippen molar-refractivity contribution >= 4 is 21.6 Å². The monoisotopic (exact) mass is 350 g/mol. The van der Waals surface area contributed by atoms with Gasteiger partial charge < -0.3 is 9.64 Å². The highest BCUT2D eigenvalue weighted by Gasteiger charge is 2.38. The number of carbonyl (C=O) groups is 1. The van der Waals surface area contributed by atoms with E-state index in [2.05, 4.69) is 4.72 Å². The van der Waals surface area contributed by atoms with Gasteiger partial charge in [0.15, 0.2) is 0 Å². The van der Waals surface area contributed by atoms with Crippen LogP contribution in [0.5, 0.6) is 0 Å². The summed E-state index contributed by atoms with van der Waals surface area (Å²) in [4.78, 5) is 14.5. The van der Waals surface area contributed by atoms with Gasteiger partial charge >= 0.3 is 0 Å². The number of rotatable bonds is 4. The molecule has 1 amide bonds. The van der Waals surface area contributed by atoms with Crippen LogP contribution in [0.15, 0.2) is 17.0 Å². The molecule has 4 rings (SSSR count). The summed E-state index contributed by atoms with van der Waals surface area (Å²) < 4.78 is 33.5. The molecule has 0 aromatic heterocycles. The number of carbonyl (C=O) groups excluding carboxylic acids is 1. The van der Waals surface area contributed by atoms with Crippen LogP contribution < -0.4 is 9.62 Å². The fraction of sp³-hybridized carbons (Fsp3) is 0.588. The quantitative estimate of drug-likeness (QED) is 0.894. The van der Waals surface area contributed by atoms with Gasteiger partial charge in [-0.1, -0.05) is 0 Å². The van der Waals surface area contributed by atoms with Crippen LogP contribution in [0, 0.1) is 0 Å². The zero-order chi connectivity index (χ0) is 16.9. The predicted octanol–water partition coefficient (Wildman–Crippen LogP) is 1.54. The Hall–Kier alpha value is -1.44. The van der Waals surface area contributed by atoms with Crippen molar-refractivity contribution < 1.29 is 17.9 Å². The maximum Gasteiger partial charge on any atom is 0.240 e. The normalized spacial score (nSPS) is 26.0. The molecule has 6 nitrogen and oxygen atoms in total. The summed E-state index contributed by atoms with van der Waals surface area (Å²) in [5.41, 5.74) is 2.75. The summed E-state index contributed by atoms with van der Waals surface area (Å²) in [6.07, 6.45) is 3.51. The number of benzene rings is 1. The number of aryl methyl sites for hydroxylation is 1. The lowest BCUT2D eigenvalue weighted by atomic mass is 9.97. The third-order valence-corrected chi connectivity index (χ3v) is 6.63. The molecule has 1 aromatic rings. The first-order chi connectivity index (χ1) is 11.5. The molecule has 0 bridgehead atoms. The van der Waals surface area contributed by atoms with E-state index in [4.69, 9.17) is 4.74 Å². The molecule has 1 saturated heterocycles. The van der Waals surface area contributed by atoms with E-state index < -0.39 is 10.0 Å². The van der Waals surface area contributed by atoms with Crippen molar-refractivity contribution in [2.75, 3.05) is 24.6 Å². The average Bonchev–Trinajstić information content (AvgIpc) is 3.18. The Morgan fingerprint density at radius 2 is 2.17 bits per heavy atom. The van der Waals surface area contributed by atoms with Gasteiger partial charge in [-0.05, 0) is 55.9 Å². The predicted molar refractivity (Wildman–Crippen MR) is 89.7 cm³/mol. The number of hydrogen-bond acceptors (Lipinski definition) is 4. The molecule has 2 atom stereocenters. The lowest BCUT2D eigenvalue weighted by molar-refractivity contribution is -0.119. The SMILES string of the molecule is C[C@H]1C(=O)N2CCCc3cc(S(=O)(=O)NC[C@H]4CCCO4)cc1c32. The Bertz CT molecular complexity index is 784. The van der Waals surface area contributed by atoms with Crippen LogP contribution in [-0.2, 0) is 26.0 Å². The molecule has 1 N–H and O–H groups in total. The molecule has 0 aliphatic carbocycles. The van der Waals surface area contributed by atoms with Crippen LogP contribution in [0.25, 0.3) is 0 Å². The van der Waals surface area contributed by atoms with E-state index in [1.807, 2.05) is 11.8 Å². The molecule has 1 aromatic carbocycles. The minimum absolute atomic E-state index is 0.0384. The summed E-state index contributed by atoms with van der Waals surface area (Å²) >= 11 is 0. The van der Waals surface area contributed by atoms with Gasteiger partial charge in [0.05, 0.1) is 22.6 Å². The summed E-state index contributed by atoms with van der Waals surface area (Å²) in [6, 6.07) is 3.40. The maximum absolute atomic E-state index is 12.7. The topological polar surface area (TPSA) is 75.7 Å². The van der Waals surface area contributed by atoms with Crippen molar-refractivity contribution in [3.63, 3.8) is 0 Å².